The summed E-state index contributed by atoms with van der Waals surface area (Å²) in [4.78, 5) is 22.7. The number of thiophene rings is 1. The third-order valence-corrected chi connectivity index (χ3v) is 4.04. The van der Waals surface area contributed by atoms with Crippen molar-refractivity contribution in [3.05, 3.63) is 40.2 Å². The monoisotopic (exact) mass is 294 g/mol. The van der Waals surface area contributed by atoms with Gasteiger partial charge in [0.1, 0.15) is 0 Å². The molecule has 0 aliphatic carbocycles. The van der Waals surface area contributed by atoms with Gasteiger partial charge in [-0.15, -0.1) is 11.3 Å². The zero-order valence-electron chi connectivity index (χ0n) is 9.85. The zero-order valence-corrected chi connectivity index (χ0v) is 11.4. The summed E-state index contributed by atoms with van der Waals surface area (Å²) < 4.78 is 1.06. The molecule has 0 saturated heterocycles. The van der Waals surface area contributed by atoms with Crippen LogP contribution in [0.5, 0.6) is 0 Å². The highest BCUT2D eigenvalue weighted by Gasteiger charge is 2.07. The summed E-state index contributed by atoms with van der Waals surface area (Å²) in [6, 6.07) is 7.74. The molecule has 19 heavy (non-hydrogen) atoms. The predicted molar refractivity (Wildman–Crippen MR) is 78.1 cm³/mol. The first-order valence-corrected chi connectivity index (χ1v) is 6.68. The molecule has 0 saturated carbocycles. The normalized spacial score (nSPS) is 11.0. The fourth-order valence-electron chi connectivity index (χ4n) is 1.52. The minimum absolute atomic E-state index is 0.177. The van der Waals surface area contributed by atoms with E-state index in [1.54, 1.807) is 6.08 Å². The van der Waals surface area contributed by atoms with Gasteiger partial charge in [0.2, 0.25) is 11.8 Å². The van der Waals surface area contributed by atoms with Crippen molar-refractivity contribution in [1.82, 2.24) is 5.32 Å². The molecule has 0 spiro atoms. The average molecular weight is 295 g/mol. The van der Waals surface area contributed by atoms with Crippen molar-refractivity contribution in [2.24, 2.45) is 5.73 Å². The van der Waals surface area contributed by atoms with Crippen LogP contribution in [0.15, 0.2) is 30.3 Å². The van der Waals surface area contributed by atoms with Crippen LogP contribution >= 0.6 is 22.9 Å². The van der Waals surface area contributed by atoms with E-state index in [0.29, 0.717) is 5.02 Å². The lowest BCUT2D eigenvalue weighted by Gasteiger charge is -1.96. The zero-order chi connectivity index (χ0) is 13.8. The lowest BCUT2D eigenvalue weighted by atomic mass is 10.2. The van der Waals surface area contributed by atoms with E-state index in [1.807, 2.05) is 24.3 Å². The van der Waals surface area contributed by atoms with Gasteiger partial charge in [0.05, 0.1) is 11.6 Å². The van der Waals surface area contributed by atoms with E-state index < -0.39 is 5.91 Å². The smallest absolute Gasteiger partial charge is 0.244 e. The Kier molecular flexibility index (Phi) is 4.19. The molecule has 2 amide bonds. The fourth-order valence-corrected chi connectivity index (χ4v) is 2.92. The van der Waals surface area contributed by atoms with Gasteiger partial charge in [-0.1, -0.05) is 29.8 Å². The van der Waals surface area contributed by atoms with Gasteiger partial charge in [-0.2, -0.15) is 0 Å². The lowest BCUT2D eigenvalue weighted by molar-refractivity contribution is -0.122. The number of fused-ring (bicyclic) bond motifs is 1. The molecule has 2 rings (SSSR count). The molecule has 1 aromatic heterocycles. The molecule has 1 aromatic carbocycles. The summed E-state index contributed by atoms with van der Waals surface area (Å²) in [6.45, 7) is -0.177. The third kappa shape index (κ3) is 3.33. The van der Waals surface area contributed by atoms with E-state index in [2.05, 4.69) is 5.32 Å². The number of primary amides is 1. The molecule has 0 radical (unpaired) electrons. The second-order valence-electron chi connectivity index (χ2n) is 3.79. The number of amides is 2. The summed E-state index contributed by atoms with van der Waals surface area (Å²) in [5.74, 6) is -0.964. The number of benzene rings is 1. The first kappa shape index (κ1) is 13.6. The topological polar surface area (TPSA) is 72.2 Å². The molecular weight excluding hydrogens is 284 g/mol. The Morgan fingerprint density at radius 2 is 2.11 bits per heavy atom. The molecule has 0 atom stereocenters. The van der Waals surface area contributed by atoms with Crippen molar-refractivity contribution in [1.29, 1.82) is 0 Å². The van der Waals surface area contributed by atoms with Crippen LogP contribution in [0.2, 0.25) is 5.02 Å². The number of hydrogen-bond acceptors (Lipinski definition) is 3. The first-order valence-electron chi connectivity index (χ1n) is 5.49. The highest BCUT2D eigenvalue weighted by atomic mass is 35.5. The van der Waals surface area contributed by atoms with Gasteiger partial charge in [-0.05, 0) is 12.1 Å². The molecular formula is C13H11ClN2O2S. The Labute approximate surface area is 118 Å². The molecule has 0 bridgehead atoms. The first-order chi connectivity index (χ1) is 9.08. The van der Waals surface area contributed by atoms with Crippen LogP contribution in [0, 0.1) is 0 Å². The quantitative estimate of drug-likeness (QED) is 0.848. The third-order valence-electron chi connectivity index (χ3n) is 2.38. The molecule has 3 N–H and O–H groups in total. The second kappa shape index (κ2) is 5.86. The number of carbonyl (C=O) groups excluding carboxylic acids is 2. The number of nitrogens with two attached hydrogens (primary N) is 1. The van der Waals surface area contributed by atoms with Crippen LogP contribution in [0.3, 0.4) is 0 Å². The van der Waals surface area contributed by atoms with E-state index in [4.69, 9.17) is 17.3 Å². The standard InChI is InChI=1S/C13H11ClN2O2S/c14-13-8-3-1-2-4-9(8)19-10(13)5-6-12(18)16-7-11(15)17/h1-6H,7H2,(H2,15,17)(H,16,18)/b6-5+. The molecule has 98 valence electrons. The largest absolute Gasteiger partial charge is 0.368 e. The Hall–Kier alpha value is -1.85. The maximum absolute atomic E-state index is 11.4. The Morgan fingerprint density at radius 3 is 2.79 bits per heavy atom. The van der Waals surface area contributed by atoms with Crippen molar-refractivity contribution in [3.63, 3.8) is 0 Å². The van der Waals surface area contributed by atoms with Gasteiger partial charge in [0.15, 0.2) is 0 Å². The number of carbonyl (C=O) groups is 2. The molecule has 0 fully saturated rings. The van der Waals surface area contributed by atoms with Gasteiger partial charge in [0, 0.05) is 21.0 Å². The summed E-state index contributed by atoms with van der Waals surface area (Å²) in [5.41, 5.74) is 4.93. The molecule has 0 unspecified atom stereocenters. The predicted octanol–water partition coefficient (Wildman–Crippen LogP) is 2.17. The SMILES string of the molecule is NC(=O)CNC(=O)/C=C/c1sc2ccccc2c1Cl. The molecule has 1 heterocycles. The van der Waals surface area contributed by atoms with Crippen molar-refractivity contribution >= 4 is 50.9 Å². The summed E-state index contributed by atoms with van der Waals surface area (Å²) in [6.07, 6.45) is 2.96. The summed E-state index contributed by atoms with van der Waals surface area (Å²) in [7, 11) is 0. The highest BCUT2D eigenvalue weighted by Crippen LogP contribution is 2.35. The fraction of sp³-hybridized carbons (Fsp3) is 0.0769. The molecule has 0 aliphatic heterocycles. The minimum atomic E-state index is -0.582. The van der Waals surface area contributed by atoms with E-state index in [-0.39, 0.29) is 12.5 Å². The van der Waals surface area contributed by atoms with Crippen LogP contribution < -0.4 is 11.1 Å². The molecule has 4 nitrogen and oxygen atoms in total. The highest BCUT2D eigenvalue weighted by molar-refractivity contribution is 7.20. The maximum Gasteiger partial charge on any atom is 0.244 e. The molecule has 6 heteroatoms. The van der Waals surface area contributed by atoms with Crippen LogP contribution in [0.25, 0.3) is 16.2 Å². The number of hydrogen-bond donors (Lipinski definition) is 2. The van der Waals surface area contributed by atoms with E-state index >= 15 is 0 Å². The van der Waals surface area contributed by atoms with Crippen LogP contribution in [-0.4, -0.2) is 18.4 Å². The van der Waals surface area contributed by atoms with Crippen LogP contribution in [0.4, 0.5) is 0 Å². The average Bonchev–Trinajstić information content (AvgIpc) is 2.71. The van der Waals surface area contributed by atoms with Crippen LogP contribution in [0.1, 0.15) is 4.88 Å². The van der Waals surface area contributed by atoms with Crippen molar-refractivity contribution in [2.75, 3.05) is 6.54 Å². The summed E-state index contributed by atoms with van der Waals surface area (Å²) in [5, 5.41) is 3.96. The van der Waals surface area contributed by atoms with Gasteiger partial charge in [-0.25, -0.2) is 0 Å². The van der Waals surface area contributed by atoms with Gasteiger partial charge in [0.25, 0.3) is 0 Å². The van der Waals surface area contributed by atoms with Crippen molar-refractivity contribution < 1.29 is 9.59 Å². The lowest BCUT2D eigenvalue weighted by Crippen LogP contribution is -2.32. The molecule has 2 aromatic rings. The van der Waals surface area contributed by atoms with E-state index in [1.165, 1.54) is 17.4 Å². The Morgan fingerprint density at radius 1 is 1.37 bits per heavy atom. The summed E-state index contributed by atoms with van der Waals surface area (Å²) >= 11 is 7.72. The van der Waals surface area contributed by atoms with Crippen molar-refractivity contribution in [2.45, 2.75) is 0 Å². The van der Waals surface area contributed by atoms with Crippen molar-refractivity contribution in [3.8, 4) is 0 Å². The number of nitrogens with one attached hydrogen (secondary N) is 1. The van der Waals surface area contributed by atoms with Gasteiger partial charge < -0.3 is 11.1 Å². The second-order valence-corrected chi connectivity index (χ2v) is 5.26. The van der Waals surface area contributed by atoms with Gasteiger partial charge >= 0.3 is 0 Å². The van der Waals surface area contributed by atoms with Gasteiger partial charge in [-0.3, -0.25) is 9.59 Å². The molecule has 0 aliphatic rings. The Balaban J connectivity index is 2.15. The van der Waals surface area contributed by atoms with E-state index in [0.717, 1.165) is 15.0 Å². The number of rotatable bonds is 4. The number of halogens is 1. The maximum atomic E-state index is 11.4. The Bertz CT molecular complexity index is 664. The van der Waals surface area contributed by atoms with Crippen LogP contribution in [-0.2, 0) is 9.59 Å². The minimum Gasteiger partial charge on any atom is -0.368 e. The van der Waals surface area contributed by atoms with E-state index in [9.17, 15) is 9.59 Å².